The number of rotatable bonds is 5. The fraction of sp³-hybridized carbons (Fsp3) is 0.375. The summed E-state index contributed by atoms with van der Waals surface area (Å²) in [6.45, 7) is 8.61. The molecule has 0 aliphatic heterocycles. The number of aromatic nitrogens is 2. The first-order valence-corrected chi connectivity index (χ1v) is 10.5. The number of para-hydroxylation sites is 1. The van der Waals surface area contributed by atoms with Crippen molar-refractivity contribution in [3.63, 3.8) is 0 Å². The summed E-state index contributed by atoms with van der Waals surface area (Å²) in [6, 6.07) is 6.08. The highest BCUT2D eigenvalue weighted by atomic mass is 28.4. The van der Waals surface area contributed by atoms with E-state index in [0.29, 0.717) is 0 Å². The largest absolute Gasteiger partial charge is 0.543 e. The first kappa shape index (κ1) is 15.5. The molecule has 2 rings (SSSR count). The van der Waals surface area contributed by atoms with Gasteiger partial charge >= 0.3 is 0 Å². The van der Waals surface area contributed by atoms with Crippen molar-refractivity contribution in [2.24, 2.45) is 12.0 Å². The summed E-state index contributed by atoms with van der Waals surface area (Å²) in [6.07, 6.45) is 6.56. The molecule has 0 N–H and O–H groups in total. The van der Waals surface area contributed by atoms with Gasteiger partial charge in [-0.1, -0.05) is 12.1 Å². The molecule has 0 fully saturated rings. The monoisotopic (exact) mass is 301 g/mol. The van der Waals surface area contributed by atoms with Crippen LogP contribution in [0.3, 0.4) is 0 Å². The Balaban J connectivity index is 2.17. The van der Waals surface area contributed by atoms with Crippen molar-refractivity contribution in [2.45, 2.75) is 33.0 Å². The number of hydrogen-bond acceptors (Lipinski definition) is 3. The van der Waals surface area contributed by atoms with Gasteiger partial charge in [0.25, 0.3) is 0 Å². The van der Waals surface area contributed by atoms with Gasteiger partial charge in [0.15, 0.2) is 0 Å². The molecule has 0 amide bonds. The summed E-state index contributed by atoms with van der Waals surface area (Å²) in [7, 11) is 0.270. The Morgan fingerprint density at radius 1 is 1.33 bits per heavy atom. The van der Waals surface area contributed by atoms with Crippen LogP contribution >= 0.6 is 0 Å². The normalized spacial score (nSPS) is 12.0. The van der Waals surface area contributed by atoms with E-state index in [-0.39, 0.29) is 0 Å². The Kier molecular flexibility index (Phi) is 4.62. The zero-order chi connectivity index (χ0) is 15.5. The van der Waals surface area contributed by atoms with Gasteiger partial charge in [-0.25, -0.2) is 0 Å². The van der Waals surface area contributed by atoms with E-state index >= 15 is 0 Å². The molecule has 0 saturated carbocycles. The topological polar surface area (TPSA) is 39.4 Å². The number of nitrogens with zero attached hydrogens (tertiary/aromatic N) is 3. The molecule has 0 aliphatic rings. The van der Waals surface area contributed by atoms with Gasteiger partial charge in [0.1, 0.15) is 11.4 Å². The van der Waals surface area contributed by atoms with E-state index in [1.54, 1.807) is 4.68 Å². The van der Waals surface area contributed by atoms with Gasteiger partial charge < -0.3 is 4.43 Å². The molecule has 1 heterocycles. The van der Waals surface area contributed by atoms with Crippen molar-refractivity contribution >= 4 is 20.2 Å². The van der Waals surface area contributed by atoms with Crippen LogP contribution in [-0.4, -0.2) is 24.3 Å². The maximum Gasteiger partial charge on any atom is 0.242 e. The van der Waals surface area contributed by atoms with E-state index in [2.05, 4.69) is 42.7 Å². The maximum atomic E-state index is 6.18. The molecule has 1 aromatic heterocycles. The molecule has 21 heavy (non-hydrogen) atoms. The average molecular weight is 301 g/mol. The van der Waals surface area contributed by atoms with E-state index in [1.807, 2.05) is 37.8 Å². The van der Waals surface area contributed by atoms with Crippen molar-refractivity contribution in [3.8, 4) is 5.75 Å². The highest BCUT2D eigenvalue weighted by molar-refractivity contribution is 6.70. The Labute approximate surface area is 127 Å². The maximum absolute atomic E-state index is 6.18. The second-order valence-electron chi connectivity index (χ2n) is 6.18. The van der Waals surface area contributed by atoms with Crippen molar-refractivity contribution in [1.29, 1.82) is 0 Å². The summed E-state index contributed by atoms with van der Waals surface area (Å²) in [5, 5.41) is 4.16. The van der Waals surface area contributed by atoms with Crippen molar-refractivity contribution < 1.29 is 4.43 Å². The average Bonchev–Trinajstić information content (AvgIpc) is 2.78. The van der Waals surface area contributed by atoms with Crippen LogP contribution in [0.25, 0.3) is 0 Å². The predicted octanol–water partition coefficient (Wildman–Crippen LogP) is 3.89. The van der Waals surface area contributed by atoms with E-state index in [9.17, 15) is 0 Å². The molecular formula is C16H23N3OSi. The molecule has 0 unspecified atom stereocenters. The van der Waals surface area contributed by atoms with Gasteiger partial charge in [0.2, 0.25) is 8.32 Å². The molecule has 112 valence electrons. The lowest BCUT2D eigenvalue weighted by atomic mass is 10.2. The van der Waals surface area contributed by atoms with Crippen LogP contribution in [-0.2, 0) is 13.5 Å². The van der Waals surface area contributed by atoms with Crippen LogP contribution in [0.15, 0.2) is 35.6 Å². The number of hydrogen-bond donors (Lipinski definition) is 0. The van der Waals surface area contributed by atoms with Gasteiger partial charge in [-0.2, -0.15) is 5.10 Å². The van der Waals surface area contributed by atoms with Crippen molar-refractivity contribution in [1.82, 2.24) is 9.78 Å². The van der Waals surface area contributed by atoms with E-state index in [1.165, 1.54) is 0 Å². The molecular weight excluding hydrogens is 278 g/mol. The molecule has 0 atom stereocenters. The predicted molar refractivity (Wildman–Crippen MR) is 90.2 cm³/mol. The molecule has 5 heteroatoms. The lowest BCUT2D eigenvalue weighted by Gasteiger charge is -2.22. The standard InChI is InChI=1S/C16H23N3OSi/c1-13-7-6-8-15(16(13)20-21(3,4)5)17-10-9-14-11-18-19(2)12-14/h6-8,10-12H,9H2,1-5H3. The number of aliphatic imine (C=N–C) groups is 1. The third-order valence-electron chi connectivity index (χ3n) is 2.92. The molecule has 0 saturated heterocycles. The van der Waals surface area contributed by atoms with E-state index in [4.69, 9.17) is 4.43 Å². The van der Waals surface area contributed by atoms with Crippen LogP contribution < -0.4 is 4.43 Å². The highest BCUT2D eigenvalue weighted by Crippen LogP contribution is 2.32. The van der Waals surface area contributed by atoms with Gasteiger partial charge in [-0.05, 0) is 43.8 Å². The fourth-order valence-electron chi connectivity index (χ4n) is 2.00. The fourth-order valence-corrected chi connectivity index (χ4v) is 2.88. The molecule has 0 radical (unpaired) electrons. The van der Waals surface area contributed by atoms with E-state index < -0.39 is 8.32 Å². The van der Waals surface area contributed by atoms with Gasteiger partial charge in [0.05, 0.1) is 6.20 Å². The van der Waals surface area contributed by atoms with Gasteiger partial charge in [-0.15, -0.1) is 0 Å². The second-order valence-corrected chi connectivity index (χ2v) is 10.6. The van der Waals surface area contributed by atoms with Crippen LogP contribution in [0.4, 0.5) is 5.69 Å². The van der Waals surface area contributed by atoms with Crippen LogP contribution in [0.2, 0.25) is 19.6 Å². The van der Waals surface area contributed by atoms with Crippen LogP contribution in [0.1, 0.15) is 11.1 Å². The minimum atomic E-state index is -1.65. The van der Waals surface area contributed by atoms with Crippen molar-refractivity contribution in [3.05, 3.63) is 41.7 Å². The zero-order valence-corrected chi connectivity index (χ0v) is 14.4. The molecule has 0 spiro atoms. The molecule has 1 aromatic carbocycles. The summed E-state index contributed by atoms with van der Waals surface area (Å²) in [5.41, 5.74) is 3.19. The quantitative estimate of drug-likeness (QED) is 0.621. The Morgan fingerprint density at radius 2 is 2.10 bits per heavy atom. The molecule has 4 nitrogen and oxygen atoms in total. The van der Waals surface area contributed by atoms with Crippen molar-refractivity contribution in [2.75, 3.05) is 0 Å². The lowest BCUT2D eigenvalue weighted by Crippen LogP contribution is -2.29. The molecule has 0 aliphatic carbocycles. The van der Waals surface area contributed by atoms with Gasteiger partial charge in [-0.3, -0.25) is 9.67 Å². The van der Waals surface area contributed by atoms with E-state index in [0.717, 1.165) is 29.0 Å². The summed E-state index contributed by atoms with van der Waals surface area (Å²) < 4.78 is 7.98. The highest BCUT2D eigenvalue weighted by Gasteiger charge is 2.19. The summed E-state index contributed by atoms with van der Waals surface area (Å²) >= 11 is 0. The van der Waals surface area contributed by atoms with Crippen LogP contribution in [0.5, 0.6) is 5.75 Å². The SMILES string of the molecule is Cc1cccc(N=CCc2cnn(C)c2)c1O[Si](C)(C)C. The first-order valence-electron chi connectivity index (χ1n) is 7.14. The first-order chi connectivity index (χ1) is 9.85. The Morgan fingerprint density at radius 3 is 2.71 bits per heavy atom. The Bertz CT molecular complexity index is 641. The third-order valence-corrected chi connectivity index (χ3v) is 3.73. The number of aryl methyl sites for hydroxylation is 2. The minimum absolute atomic E-state index is 0.772. The second kappa shape index (κ2) is 6.26. The lowest BCUT2D eigenvalue weighted by molar-refractivity contribution is 0.554. The smallest absolute Gasteiger partial charge is 0.242 e. The zero-order valence-electron chi connectivity index (χ0n) is 13.4. The summed E-state index contributed by atoms with van der Waals surface area (Å²) in [5.74, 6) is 0.916. The number of benzene rings is 1. The van der Waals surface area contributed by atoms with Gasteiger partial charge in [0, 0.05) is 25.9 Å². The summed E-state index contributed by atoms with van der Waals surface area (Å²) in [4.78, 5) is 4.59. The third kappa shape index (κ3) is 4.56. The minimum Gasteiger partial charge on any atom is -0.543 e. The molecule has 0 bridgehead atoms. The van der Waals surface area contributed by atoms with Crippen LogP contribution in [0, 0.1) is 6.92 Å². The molecule has 2 aromatic rings. The Hall–Kier alpha value is -1.88.